The molecule has 5 heterocycles. The van der Waals surface area contributed by atoms with E-state index in [0.29, 0.717) is 85.1 Å². The number of benzene rings is 2. The lowest BCUT2D eigenvalue weighted by Crippen LogP contribution is -2.52. The Balaban J connectivity index is 0.763. The third-order valence-electron chi connectivity index (χ3n) is 15.8. The zero-order valence-corrected chi connectivity index (χ0v) is 43.8. The highest BCUT2D eigenvalue weighted by molar-refractivity contribution is 6.03. The second-order valence-corrected chi connectivity index (χ2v) is 20.9. The van der Waals surface area contributed by atoms with Gasteiger partial charge in [-0.1, -0.05) is 50.6 Å². The average Bonchev–Trinajstić information content (AvgIpc) is 4.25. The first-order valence-corrected chi connectivity index (χ1v) is 26.6. The molecule has 0 spiro atoms. The predicted octanol–water partition coefficient (Wildman–Crippen LogP) is 2.17. The molecule has 22 heteroatoms. The number of hydrogen-bond donors (Lipinski definition) is 6. The maximum Gasteiger partial charge on any atom is 0.343 e. The number of imide groups is 1. The number of likely N-dealkylation sites (tertiary alicyclic amines) is 1. The van der Waals surface area contributed by atoms with Gasteiger partial charge in [-0.2, -0.15) is 0 Å². The summed E-state index contributed by atoms with van der Waals surface area (Å²) in [4.78, 5) is 136. The molecule has 6 N–H and O–H groups in total. The van der Waals surface area contributed by atoms with Crippen molar-refractivity contribution in [1.82, 2.24) is 41.0 Å². The van der Waals surface area contributed by atoms with Gasteiger partial charge in [0.25, 0.3) is 5.56 Å². The number of unbranched alkanes of at least 4 members (excludes halogenated alkanes) is 2. The van der Waals surface area contributed by atoms with Crippen LogP contribution in [0.15, 0.2) is 47.3 Å². The summed E-state index contributed by atoms with van der Waals surface area (Å²) in [6.45, 7) is 3.37. The topological polar surface area (TPSA) is 291 Å². The Labute approximate surface area is 447 Å². The molecule has 4 aromatic rings. The van der Waals surface area contributed by atoms with Crippen LogP contribution in [0.2, 0.25) is 0 Å². The quantitative estimate of drug-likeness (QED) is 0.0237. The van der Waals surface area contributed by atoms with Crippen LogP contribution in [-0.4, -0.2) is 117 Å². The molecule has 9 rings (SSSR count). The Morgan fingerprint density at radius 3 is 2.33 bits per heavy atom. The monoisotopic (exact) mass is 1070 g/mol. The minimum atomic E-state index is -2.04. The summed E-state index contributed by atoms with van der Waals surface area (Å²) >= 11 is 0. The standard InChI is InChI=1S/C56H63FN8O13/c1-4-56(76)37-22-41-50-35(27-65(41)53(74)36(37)28-77-54(56)75)48-33(14-15-34-31(3)38(57)23-39(63-50)49(34)48)21-42(66)55(16-17-55)78-29-61-45(69)25-60-51(72)40(20-32-11-7-5-8-12-32)62-46(70)26-59-44(68)24-58-43(67)13-9-6-10-18-64-47(71)19-30(2)52(64)73/h5,7-8,11-12,22-23,30,33,40,76H,4,6,9-10,13-21,24-29H2,1-3H3,(H,58,67)(H,59,68)(H,60,72)(H,61,69)(H,62,70)/t30?,33-,40+,56+/m1/s1. The van der Waals surface area contributed by atoms with Crippen LogP contribution in [0.1, 0.15) is 123 Å². The van der Waals surface area contributed by atoms with Crippen molar-refractivity contribution in [3.8, 4) is 11.4 Å². The summed E-state index contributed by atoms with van der Waals surface area (Å²) in [5.74, 6) is -5.62. The van der Waals surface area contributed by atoms with Crippen molar-refractivity contribution in [2.45, 2.75) is 134 Å². The molecule has 2 fully saturated rings. The number of ketones is 1. The number of nitrogens with one attached hydrogen (secondary N) is 5. The molecule has 5 aliphatic rings. The van der Waals surface area contributed by atoms with Crippen LogP contribution < -0.4 is 32.1 Å². The number of Topliss-reactive ketones (excluding diaryl/α,β-unsaturated/α-hetero) is 1. The summed E-state index contributed by atoms with van der Waals surface area (Å²) in [5.41, 5.74) is 1.18. The van der Waals surface area contributed by atoms with Gasteiger partial charge in [0.1, 0.15) is 30.8 Å². The fraction of sp³-hybridized carbons (Fsp3) is 0.482. The van der Waals surface area contributed by atoms with Crippen LogP contribution in [0.25, 0.3) is 22.3 Å². The summed E-state index contributed by atoms with van der Waals surface area (Å²) in [6.07, 6.45) is 3.76. The molecule has 0 radical (unpaired) electrons. The van der Waals surface area contributed by atoms with E-state index in [4.69, 9.17) is 14.5 Å². The number of carbonyl (C=O) groups is 9. The Bertz CT molecular complexity index is 3210. The maximum absolute atomic E-state index is 15.5. The van der Waals surface area contributed by atoms with E-state index >= 15 is 4.39 Å². The molecule has 2 aromatic heterocycles. The van der Waals surface area contributed by atoms with Gasteiger partial charge in [0.05, 0.1) is 48.6 Å². The number of ether oxygens (including phenoxy) is 2. The van der Waals surface area contributed by atoms with Crippen LogP contribution in [-0.2, 0) is 84.2 Å². The fourth-order valence-electron chi connectivity index (χ4n) is 11.1. The molecule has 21 nitrogen and oxygen atoms in total. The number of nitrogens with zero attached hydrogens (tertiary/aromatic N) is 3. The number of aryl methyl sites for hydroxylation is 1. The van der Waals surface area contributed by atoms with Gasteiger partial charge in [0, 0.05) is 60.7 Å². The highest BCUT2D eigenvalue weighted by Crippen LogP contribution is 2.50. The van der Waals surface area contributed by atoms with Gasteiger partial charge < -0.3 is 45.7 Å². The van der Waals surface area contributed by atoms with E-state index in [1.165, 1.54) is 15.5 Å². The number of hydrogen-bond acceptors (Lipinski definition) is 14. The van der Waals surface area contributed by atoms with Gasteiger partial charge in [0.2, 0.25) is 41.4 Å². The third-order valence-corrected chi connectivity index (χ3v) is 15.8. The SMILES string of the molecule is CC[C@@]1(O)C(=O)OCc2c1cc1n(c2=O)Cc2c-1nc1cc(F)c(C)c3c1c2[C@@H](CC(=O)C1(OCNC(=O)CNC(=O)[C@H](Cc2ccccc2)NC(=O)CNC(=O)CNC(=O)CCCCCN2C(=O)CC(C)C2=O)CC1)CC3. The van der Waals surface area contributed by atoms with Crippen LogP contribution in [0, 0.1) is 18.7 Å². The Morgan fingerprint density at radius 2 is 1.62 bits per heavy atom. The van der Waals surface area contributed by atoms with Crippen LogP contribution in [0.5, 0.6) is 0 Å². The Kier molecular flexibility index (Phi) is 16.0. The number of carbonyl (C=O) groups excluding carboxylic acids is 9. The van der Waals surface area contributed by atoms with Crippen LogP contribution in [0.3, 0.4) is 0 Å². The largest absolute Gasteiger partial charge is 0.458 e. The molecule has 1 unspecified atom stereocenters. The molecular weight excluding hydrogens is 1010 g/mol. The number of aliphatic hydroxyl groups is 1. The van der Waals surface area contributed by atoms with Gasteiger partial charge in [-0.05, 0) is 86.1 Å². The molecule has 4 atom stereocenters. The molecule has 2 aromatic carbocycles. The fourth-order valence-corrected chi connectivity index (χ4v) is 11.1. The van der Waals surface area contributed by atoms with E-state index in [9.17, 15) is 53.1 Å². The van der Waals surface area contributed by atoms with Gasteiger partial charge in [-0.15, -0.1) is 0 Å². The van der Waals surface area contributed by atoms with E-state index in [0.717, 1.165) is 16.5 Å². The van der Waals surface area contributed by atoms with Gasteiger partial charge in [-0.3, -0.25) is 48.1 Å². The molecule has 2 aliphatic carbocycles. The molecule has 1 saturated heterocycles. The van der Waals surface area contributed by atoms with Crippen LogP contribution >= 0.6 is 0 Å². The normalized spacial score (nSPS) is 19.8. The Hall–Kier alpha value is -7.72. The number of pyridine rings is 2. The average molecular weight is 1080 g/mol. The molecule has 7 amide bonds. The molecule has 1 saturated carbocycles. The second-order valence-electron chi connectivity index (χ2n) is 20.9. The minimum absolute atomic E-state index is 0.0380. The van der Waals surface area contributed by atoms with Crippen LogP contribution in [0.4, 0.5) is 4.39 Å². The van der Waals surface area contributed by atoms with Crippen molar-refractivity contribution in [2.75, 3.05) is 32.9 Å². The van der Waals surface area contributed by atoms with E-state index in [2.05, 4.69) is 26.6 Å². The van der Waals surface area contributed by atoms with E-state index in [1.807, 2.05) is 0 Å². The zero-order valence-electron chi connectivity index (χ0n) is 43.8. The van der Waals surface area contributed by atoms with E-state index in [1.54, 1.807) is 57.2 Å². The summed E-state index contributed by atoms with van der Waals surface area (Å²) < 4.78 is 28.3. The third kappa shape index (κ3) is 11.2. The predicted molar refractivity (Wildman–Crippen MR) is 276 cm³/mol. The lowest BCUT2D eigenvalue weighted by atomic mass is 9.76. The number of fused-ring (bicyclic) bond motifs is 5. The second kappa shape index (κ2) is 22.7. The summed E-state index contributed by atoms with van der Waals surface area (Å²) in [6, 6.07) is 10.6. The van der Waals surface area contributed by atoms with E-state index < -0.39 is 77.9 Å². The highest BCUT2D eigenvalue weighted by atomic mass is 19.1. The molecule has 3 aliphatic heterocycles. The number of amides is 7. The Morgan fingerprint density at radius 1 is 0.897 bits per heavy atom. The molecular formula is C56H63FN8O13. The first kappa shape index (κ1) is 55.0. The van der Waals surface area contributed by atoms with Crippen molar-refractivity contribution >= 4 is 64.0 Å². The first-order chi connectivity index (χ1) is 37.3. The summed E-state index contributed by atoms with van der Waals surface area (Å²) in [5, 5.41) is 24.8. The number of rotatable bonds is 23. The lowest BCUT2D eigenvalue weighted by Gasteiger charge is -2.31. The number of aromatic nitrogens is 2. The van der Waals surface area contributed by atoms with Gasteiger partial charge in [0.15, 0.2) is 11.4 Å². The first-order valence-electron chi connectivity index (χ1n) is 26.6. The van der Waals surface area contributed by atoms with Crippen molar-refractivity contribution in [3.63, 3.8) is 0 Å². The summed E-state index contributed by atoms with van der Waals surface area (Å²) in [7, 11) is 0. The number of cyclic esters (lactones) is 1. The number of esters is 1. The maximum atomic E-state index is 15.5. The highest BCUT2D eigenvalue weighted by Gasteiger charge is 2.52. The van der Waals surface area contributed by atoms with Crippen molar-refractivity contribution < 1.29 is 62.1 Å². The van der Waals surface area contributed by atoms with Gasteiger partial charge >= 0.3 is 5.97 Å². The van der Waals surface area contributed by atoms with Crippen molar-refractivity contribution in [1.29, 1.82) is 0 Å². The lowest BCUT2D eigenvalue weighted by molar-refractivity contribution is -0.172. The zero-order chi connectivity index (χ0) is 55.6. The minimum Gasteiger partial charge on any atom is -0.458 e. The number of halogens is 1. The van der Waals surface area contributed by atoms with Gasteiger partial charge in [-0.25, -0.2) is 14.2 Å². The van der Waals surface area contributed by atoms with E-state index in [-0.39, 0.29) is 98.5 Å². The molecule has 78 heavy (non-hydrogen) atoms. The smallest absolute Gasteiger partial charge is 0.343 e. The molecule has 0 bridgehead atoms. The molecule has 412 valence electrons. The van der Waals surface area contributed by atoms with Crippen molar-refractivity contribution in [3.05, 3.63) is 97.6 Å². The van der Waals surface area contributed by atoms with Crippen molar-refractivity contribution in [2.24, 2.45) is 5.92 Å².